The second-order valence-corrected chi connectivity index (χ2v) is 13.7. The lowest BCUT2D eigenvalue weighted by molar-refractivity contribution is -0.125. The first-order chi connectivity index (χ1) is 21.0. The van der Waals surface area contributed by atoms with Gasteiger partial charge in [0.05, 0.1) is 23.0 Å². The molecule has 1 aliphatic heterocycles. The molecular formula is C34H29Cl3N2O4S. The third-order valence-corrected chi connectivity index (χ3v) is 10.2. The molecule has 0 spiro atoms. The standard InChI is InChI=1S/C34H29Cl3N2O4S/c1-22(40)31(19-23-7-3-2-4-8-23)38-34(41)30-17-18-32(24-9-5-11-27(36)20-24)39(33(30)25-10-6-12-28(37)21-25)44(42,43)29-15-13-26(35)14-16-29/h2-17,20-21,31-33H,18-19H2,1H3,(H,38,41)/t31-,32?,33-/m0/s1. The molecule has 1 heterocycles. The zero-order chi connectivity index (χ0) is 31.4. The van der Waals surface area contributed by atoms with Crippen molar-refractivity contribution in [3.63, 3.8) is 0 Å². The van der Waals surface area contributed by atoms with Crippen LogP contribution in [-0.4, -0.2) is 30.5 Å². The van der Waals surface area contributed by atoms with Crippen molar-refractivity contribution in [3.05, 3.63) is 147 Å². The summed E-state index contributed by atoms with van der Waals surface area (Å²) in [5.41, 5.74) is 2.21. The first-order valence-corrected chi connectivity index (χ1v) is 16.5. The molecule has 226 valence electrons. The summed E-state index contributed by atoms with van der Waals surface area (Å²) < 4.78 is 30.5. The number of nitrogens with zero attached hydrogens (tertiary/aromatic N) is 1. The van der Waals surface area contributed by atoms with E-state index in [-0.39, 0.29) is 29.1 Å². The van der Waals surface area contributed by atoms with Gasteiger partial charge in [-0.1, -0.05) is 95.5 Å². The number of Topliss-reactive ketones (excluding diaryl/α,β-unsaturated/α-hetero) is 1. The van der Waals surface area contributed by atoms with Crippen LogP contribution in [0.4, 0.5) is 0 Å². The summed E-state index contributed by atoms with van der Waals surface area (Å²) in [6.45, 7) is 1.42. The third-order valence-electron chi connectivity index (χ3n) is 7.55. The monoisotopic (exact) mass is 666 g/mol. The van der Waals surface area contributed by atoms with Gasteiger partial charge in [0.2, 0.25) is 15.9 Å². The summed E-state index contributed by atoms with van der Waals surface area (Å²) >= 11 is 18.9. The van der Waals surface area contributed by atoms with Crippen LogP contribution in [0.1, 0.15) is 42.1 Å². The van der Waals surface area contributed by atoms with Gasteiger partial charge in [0.25, 0.3) is 0 Å². The van der Waals surface area contributed by atoms with Gasteiger partial charge in [-0.2, -0.15) is 4.31 Å². The van der Waals surface area contributed by atoms with E-state index in [2.05, 4.69) is 5.32 Å². The molecule has 0 fully saturated rings. The van der Waals surface area contributed by atoms with E-state index in [9.17, 15) is 18.0 Å². The van der Waals surface area contributed by atoms with Gasteiger partial charge in [-0.25, -0.2) is 8.42 Å². The number of carbonyl (C=O) groups excluding carboxylic acids is 2. The van der Waals surface area contributed by atoms with Crippen LogP contribution in [0.15, 0.2) is 120 Å². The van der Waals surface area contributed by atoms with Crippen LogP contribution in [0, 0.1) is 0 Å². The maximum atomic E-state index is 14.6. The molecule has 1 unspecified atom stereocenters. The van der Waals surface area contributed by atoms with Crippen molar-refractivity contribution >= 4 is 56.5 Å². The number of nitrogens with one attached hydrogen (secondary N) is 1. The van der Waals surface area contributed by atoms with Crippen molar-refractivity contribution in [2.24, 2.45) is 0 Å². The van der Waals surface area contributed by atoms with E-state index in [1.807, 2.05) is 30.3 Å². The Labute approximate surface area is 272 Å². The molecule has 0 radical (unpaired) electrons. The van der Waals surface area contributed by atoms with E-state index >= 15 is 0 Å². The summed E-state index contributed by atoms with van der Waals surface area (Å²) in [5, 5.41) is 4.09. The Morgan fingerprint density at radius 2 is 1.43 bits per heavy atom. The SMILES string of the molecule is CC(=O)[C@H](Cc1ccccc1)NC(=O)C1=CCC(c2cccc(Cl)c2)N(S(=O)(=O)c2ccc(Cl)cc2)[C@H]1c1cccc(Cl)c1. The highest BCUT2D eigenvalue weighted by atomic mass is 35.5. The molecule has 4 aromatic carbocycles. The van der Waals surface area contributed by atoms with Crippen molar-refractivity contribution < 1.29 is 18.0 Å². The van der Waals surface area contributed by atoms with Crippen molar-refractivity contribution in [1.82, 2.24) is 9.62 Å². The molecule has 6 nitrogen and oxygen atoms in total. The molecule has 0 aliphatic carbocycles. The predicted molar refractivity (Wildman–Crippen MR) is 174 cm³/mol. The van der Waals surface area contributed by atoms with Gasteiger partial charge in [-0.05, 0) is 85.0 Å². The molecule has 0 saturated heterocycles. The smallest absolute Gasteiger partial charge is 0.249 e. The first-order valence-electron chi connectivity index (χ1n) is 13.9. The van der Waals surface area contributed by atoms with E-state index in [0.29, 0.717) is 26.2 Å². The molecule has 44 heavy (non-hydrogen) atoms. The van der Waals surface area contributed by atoms with Crippen LogP contribution in [0.25, 0.3) is 0 Å². The number of hydrogen-bond acceptors (Lipinski definition) is 4. The Hall–Kier alpha value is -3.46. The lowest BCUT2D eigenvalue weighted by atomic mass is 9.88. The fourth-order valence-electron chi connectivity index (χ4n) is 5.41. The number of ketones is 1. The zero-order valence-electron chi connectivity index (χ0n) is 23.7. The number of carbonyl (C=O) groups is 2. The number of rotatable bonds is 9. The normalized spacial score (nSPS) is 17.9. The van der Waals surface area contributed by atoms with Gasteiger partial charge in [-0.3, -0.25) is 9.59 Å². The van der Waals surface area contributed by atoms with Gasteiger partial charge < -0.3 is 5.32 Å². The second-order valence-electron chi connectivity index (χ2n) is 10.5. The largest absolute Gasteiger partial charge is 0.342 e. The highest BCUT2D eigenvalue weighted by Gasteiger charge is 2.45. The molecule has 0 saturated carbocycles. The molecule has 1 amide bonds. The van der Waals surface area contributed by atoms with Gasteiger partial charge >= 0.3 is 0 Å². The van der Waals surface area contributed by atoms with Crippen LogP contribution < -0.4 is 5.32 Å². The molecular weight excluding hydrogens is 639 g/mol. The fraction of sp³-hybridized carbons (Fsp3) is 0.176. The van der Waals surface area contributed by atoms with Crippen molar-refractivity contribution in [2.75, 3.05) is 0 Å². The summed E-state index contributed by atoms with van der Waals surface area (Å²) in [6.07, 6.45) is 2.20. The van der Waals surface area contributed by atoms with Gasteiger partial charge in [-0.15, -0.1) is 0 Å². The van der Waals surface area contributed by atoms with Crippen molar-refractivity contribution in [3.8, 4) is 0 Å². The predicted octanol–water partition coefficient (Wildman–Crippen LogP) is 7.77. The molecule has 4 aromatic rings. The minimum atomic E-state index is -4.26. The summed E-state index contributed by atoms with van der Waals surface area (Å²) in [6, 6.07) is 26.4. The topological polar surface area (TPSA) is 83.6 Å². The van der Waals surface area contributed by atoms with E-state index in [4.69, 9.17) is 34.8 Å². The van der Waals surface area contributed by atoms with E-state index < -0.39 is 34.1 Å². The Morgan fingerprint density at radius 1 is 0.818 bits per heavy atom. The maximum absolute atomic E-state index is 14.6. The lowest BCUT2D eigenvalue weighted by Crippen LogP contribution is -2.47. The van der Waals surface area contributed by atoms with Crippen LogP contribution >= 0.6 is 34.8 Å². The number of amides is 1. The maximum Gasteiger partial charge on any atom is 0.249 e. The Balaban J connectivity index is 1.65. The minimum absolute atomic E-state index is 0.00769. The minimum Gasteiger partial charge on any atom is -0.342 e. The molecule has 3 atom stereocenters. The van der Waals surface area contributed by atoms with Crippen LogP contribution in [-0.2, 0) is 26.0 Å². The molecule has 0 aromatic heterocycles. The third kappa shape index (κ3) is 7.09. The molecule has 0 bridgehead atoms. The molecule has 1 aliphatic rings. The van der Waals surface area contributed by atoms with Gasteiger partial charge in [0.15, 0.2) is 5.78 Å². The highest BCUT2D eigenvalue weighted by Crippen LogP contribution is 2.46. The van der Waals surface area contributed by atoms with Gasteiger partial charge in [0, 0.05) is 20.6 Å². The lowest BCUT2D eigenvalue weighted by Gasteiger charge is -2.41. The summed E-state index contributed by atoms with van der Waals surface area (Å²) in [7, 11) is -4.26. The molecule has 1 N–H and O–H groups in total. The van der Waals surface area contributed by atoms with Crippen LogP contribution in [0.3, 0.4) is 0 Å². The van der Waals surface area contributed by atoms with E-state index in [1.54, 1.807) is 54.6 Å². The Kier molecular flexibility index (Phi) is 9.93. The van der Waals surface area contributed by atoms with Crippen LogP contribution in [0.5, 0.6) is 0 Å². The fourth-order valence-corrected chi connectivity index (χ4v) is 7.71. The summed E-state index contributed by atoms with van der Waals surface area (Å²) in [4.78, 5) is 26.8. The van der Waals surface area contributed by atoms with Crippen LogP contribution in [0.2, 0.25) is 15.1 Å². The van der Waals surface area contributed by atoms with E-state index in [1.165, 1.54) is 35.5 Å². The quantitative estimate of drug-likeness (QED) is 0.198. The van der Waals surface area contributed by atoms with E-state index in [0.717, 1.165) is 5.56 Å². The molecule has 5 rings (SSSR count). The Morgan fingerprint density at radius 3 is 2.05 bits per heavy atom. The Bertz CT molecular complexity index is 1810. The van der Waals surface area contributed by atoms with Crippen molar-refractivity contribution in [1.29, 1.82) is 0 Å². The zero-order valence-corrected chi connectivity index (χ0v) is 26.7. The van der Waals surface area contributed by atoms with Gasteiger partial charge in [0.1, 0.15) is 0 Å². The number of benzene rings is 4. The number of hydrogen-bond donors (Lipinski definition) is 1. The highest BCUT2D eigenvalue weighted by molar-refractivity contribution is 7.89. The summed E-state index contributed by atoms with van der Waals surface area (Å²) in [5.74, 6) is -0.771. The van der Waals surface area contributed by atoms with Crippen molar-refractivity contribution in [2.45, 2.75) is 42.8 Å². The second kappa shape index (κ2) is 13.7. The number of halogens is 3. The first kappa shape index (κ1) is 31.9. The number of sulfonamides is 1. The average Bonchev–Trinajstić information content (AvgIpc) is 3.00. The average molecular weight is 668 g/mol. The molecule has 10 heteroatoms.